The minimum absolute atomic E-state index is 0.103. The minimum atomic E-state index is -0.359. The van der Waals surface area contributed by atoms with Gasteiger partial charge < -0.3 is 9.84 Å². The Balaban J connectivity index is 1.89. The summed E-state index contributed by atoms with van der Waals surface area (Å²) in [5.41, 5.74) is 2.05. The summed E-state index contributed by atoms with van der Waals surface area (Å²) in [5.74, 6) is 1.70. The zero-order valence-electron chi connectivity index (χ0n) is 11.3. The number of hydrogen-bond donors (Lipinski definition) is 1. The molecule has 1 fully saturated rings. The van der Waals surface area contributed by atoms with Gasteiger partial charge in [-0.25, -0.2) is 0 Å². The molecule has 1 atom stereocenters. The van der Waals surface area contributed by atoms with E-state index >= 15 is 0 Å². The first-order valence-corrected chi connectivity index (χ1v) is 7.06. The molecule has 0 aromatic heterocycles. The Labute approximate surface area is 109 Å². The monoisotopic (exact) mass is 246 g/mol. The van der Waals surface area contributed by atoms with Gasteiger partial charge in [0.05, 0.1) is 6.10 Å². The van der Waals surface area contributed by atoms with Crippen LogP contribution in [0.1, 0.15) is 56.3 Å². The van der Waals surface area contributed by atoms with E-state index in [1.165, 1.54) is 18.4 Å². The fourth-order valence-corrected chi connectivity index (χ4v) is 3.35. The highest BCUT2D eigenvalue weighted by molar-refractivity contribution is 5.41. The Morgan fingerprint density at radius 1 is 1.28 bits per heavy atom. The molecule has 1 aromatic carbocycles. The lowest BCUT2D eigenvalue weighted by Gasteiger charge is -2.44. The van der Waals surface area contributed by atoms with Crippen molar-refractivity contribution < 1.29 is 9.84 Å². The molecule has 0 bridgehead atoms. The second-order valence-corrected chi connectivity index (χ2v) is 6.23. The van der Waals surface area contributed by atoms with E-state index in [2.05, 4.69) is 26.0 Å². The van der Waals surface area contributed by atoms with Crippen LogP contribution in [0.25, 0.3) is 0 Å². The average Bonchev–Trinajstić information content (AvgIpc) is 2.35. The molecule has 1 aromatic rings. The molecule has 3 rings (SSSR count). The van der Waals surface area contributed by atoms with E-state index < -0.39 is 0 Å². The van der Waals surface area contributed by atoms with Crippen molar-refractivity contribution in [2.45, 2.75) is 57.7 Å². The van der Waals surface area contributed by atoms with Crippen LogP contribution in [0.3, 0.4) is 0 Å². The molecular weight excluding hydrogens is 224 g/mol. The SMILES string of the molecule is Cc1ccc2c(c1)[C@@H](O)CC1(CCC(C)CC1)O2. The predicted molar refractivity (Wildman–Crippen MR) is 71.7 cm³/mol. The molecule has 2 aliphatic rings. The Morgan fingerprint density at radius 3 is 2.72 bits per heavy atom. The first-order valence-electron chi connectivity index (χ1n) is 7.06. The van der Waals surface area contributed by atoms with Crippen molar-refractivity contribution in [1.82, 2.24) is 0 Å². The predicted octanol–water partition coefficient (Wildman–Crippen LogP) is 3.76. The van der Waals surface area contributed by atoms with Crippen LogP contribution in [0.2, 0.25) is 0 Å². The molecule has 1 aliphatic carbocycles. The number of aryl methyl sites for hydroxylation is 1. The number of aliphatic hydroxyl groups excluding tert-OH is 1. The summed E-state index contributed by atoms with van der Waals surface area (Å²) >= 11 is 0. The molecule has 0 saturated heterocycles. The fourth-order valence-electron chi connectivity index (χ4n) is 3.35. The van der Waals surface area contributed by atoms with Gasteiger partial charge in [-0.05, 0) is 50.7 Å². The van der Waals surface area contributed by atoms with Gasteiger partial charge in [0.25, 0.3) is 0 Å². The minimum Gasteiger partial charge on any atom is -0.487 e. The fraction of sp³-hybridized carbons (Fsp3) is 0.625. The van der Waals surface area contributed by atoms with Crippen molar-refractivity contribution in [3.8, 4) is 5.75 Å². The molecule has 1 N–H and O–H groups in total. The third-order valence-electron chi connectivity index (χ3n) is 4.60. The summed E-state index contributed by atoms with van der Waals surface area (Å²) in [4.78, 5) is 0. The summed E-state index contributed by atoms with van der Waals surface area (Å²) in [6.45, 7) is 4.36. The number of hydrogen-bond acceptors (Lipinski definition) is 2. The smallest absolute Gasteiger partial charge is 0.125 e. The van der Waals surface area contributed by atoms with Crippen molar-refractivity contribution in [2.75, 3.05) is 0 Å². The lowest BCUT2D eigenvalue weighted by atomic mass is 9.74. The number of ether oxygens (including phenoxy) is 1. The van der Waals surface area contributed by atoms with Crippen LogP contribution >= 0.6 is 0 Å². The van der Waals surface area contributed by atoms with Crippen LogP contribution < -0.4 is 4.74 Å². The van der Waals surface area contributed by atoms with E-state index in [1.54, 1.807) is 0 Å². The first-order chi connectivity index (χ1) is 8.58. The topological polar surface area (TPSA) is 29.5 Å². The lowest BCUT2D eigenvalue weighted by molar-refractivity contribution is -0.0454. The van der Waals surface area contributed by atoms with Gasteiger partial charge in [-0.15, -0.1) is 0 Å². The Hall–Kier alpha value is -1.02. The third-order valence-corrected chi connectivity index (χ3v) is 4.60. The molecule has 0 radical (unpaired) electrons. The van der Waals surface area contributed by atoms with E-state index in [0.717, 1.165) is 36.5 Å². The van der Waals surface area contributed by atoms with Crippen molar-refractivity contribution >= 4 is 0 Å². The molecule has 1 aliphatic heterocycles. The number of rotatable bonds is 0. The van der Waals surface area contributed by atoms with Gasteiger partial charge >= 0.3 is 0 Å². The summed E-state index contributed by atoms with van der Waals surface area (Å²) in [7, 11) is 0. The maximum Gasteiger partial charge on any atom is 0.125 e. The van der Waals surface area contributed by atoms with Crippen molar-refractivity contribution in [1.29, 1.82) is 0 Å². The molecule has 0 amide bonds. The second-order valence-electron chi connectivity index (χ2n) is 6.23. The van der Waals surface area contributed by atoms with Crippen LogP contribution in [0.15, 0.2) is 18.2 Å². The van der Waals surface area contributed by atoms with Crippen LogP contribution in [0, 0.1) is 12.8 Å². The van der Waals surface area contributed by atoms with Gasteiger partial charge in [0, 0.05) is 12.0 Å². The molecule has 0 unspecified atom stereocenters. The Bertz CT molecular complexity index is 444. The van der Waals surface area contributed by atoms with Gasteiger partial charge in [0.1, 0.15) is 11.4 Å². The van der Waals surface area contributed by atoms with E-state index in [9.17, 15) is 5.11 Å². The van der Waals surface area contributed by atoms with Gasteiger partial charge in [-0.1, -0.05) is 18.6 Å². The number of aliphatic hydroxyl groups is 1. The van der Waals surface area contributed by atoms with Gasteiger partial charge in [-0.2, -0.15) is 0 Å². The summed E-state index contributed by atoms with van der Waals surface area (Å²) in [5, 5.41) is 10.4. The highest BCUT2D eigenvalue weighted by Crippen LogP contribution is 2.47. The van der Waals surface area contributed by atoms with E-state index in [0.29, 0.717) is 0 Å². The maximum absolute atomic E-state index is 10.4. The normalized spacial score (nSPS) is 35.1. The van der Waals surface area contributed by atoms with Crippen LogP contribution in [-0.4, -0.2) is 10.7 Å². The zero-order chi connectivity index (χ0) is 12.8. The summed E-state index contributed by atoms with van der Waals surface area (Å²) in [6, 6.07) is 6.14. The summed E-state index contributed by atoms with van der Waals surface area (Å²) < 4.78 is 6.27. The third kappa shape index (κ3) is 2.03. The van der Waals surface area contributed by atoms with Crippen LogP contribution in [-0.2, 0) is 0 Å². The number of fused-ring (bicyclic) bond motifs is 1. The average molecular weight is 246 g/mol. The molecular formula is C16H22O2. The van der Waals surface area contributed by atoms with Gasteiger partial charge in [0.2, 0.25) is 0 Å². The van der Waals surface area contributed by atoms with Crippen molar-refractivity contribution in [2.24, 2.45) is 5.92 Å². The quantitative estimate of drug-likeness (QED) is 0.755. The highest BCUT2D eigenvalue weighted by atomic mass is 16.5. The Kier molecular flexibility index (Phi) is 2.86. The second kappa shape index (κ2) is 4.27. The molecule has 18 heavy (non-hydrogen) atoms. The van der Waals surface area contributed by atoms with E-state index in [-0.39, 0.29) is 11.7 Å². The van der Waals surface area contributed by atoms with Gasteiger partial charge in [-0.3, -0.25) is 0 Å². The number of benzene rings is 1. The van der Waals surface area contributed by atoms with Crippen molar-refractivity contribution in [3.63, 3.8) is 0 Å². The van der Waals surface area contributed by atoms with E-state index in [1.807, 2.05) is 6.07 Å². The molecule has 2 heteroatoms. The highest BCUT2D eigenvalue weighted by Gasteiger charge is 2.42. The zero-order valence-corrected chi connectivity index (χ0v) is 11.3. The maximum atomic E-state index is 10.4. The van der Waals surface area contributed by atoms with Crippen molar-refractivity contribution in [3.05, 3.63) is 29.3 Å². The first kappa shape index (κ1) is 12.0. The summed E-state index contributed by atoms with van der Waals surface area (Å²) in [6.07, 6.45) is 5.00. The van der Waals surface area contributed by atoms with Gasteiger partial charge in [0.15, 0.2) is 0 Å². The molecule has 1 heterocycles. The molecule has 2 nitrogen and oxygen atoms in total. The van der Waals surface area contributed by atoms with E-state index in [4.69, 9.17) is 4.74 Å². The van der Waals surface area contributed by atoms with Crippen LogP contribution in [0.4, 0.5) is 0 Å². The Morgan fingerprint density at radius 2 is 2.00 bits per heavy atom. The van der Waals surface area contributed by atoms with Crippen LogP contribution in [0.5, 0.6) is 5.75 Å². The molecule has 98 valence electrons. The lowest BCUT2D eigenvalue weighted by Crippen LogP contribution is -2.43. The largest absolute Gasteiger partial charge is 0.487 e. The standard InChI is InChI=1S/C16H22O2/c1-11-5-7-16(8-6-11)10-14(17)13-9-12(2)3-4-15(13)18-16/h3-4,9,11,14,17H,5-8,10H2,1-2H3/t11?,14-,16?/m0/s1. The molecule has 1 spiro atoms. The molecule has 1 saturated carbocycles.